The normalized spacial score (nSPS) is 11.8. The summed E-state index contributed by atoms with van der Waals surface area (Å²) in [7, 11) is 1.37. The van der Waals surface area contributed by atoms with E-state index in [1.54, 1.807) is 0 Å². The van der Waals surface area contributed by atoms with Crippen LogP contribution in [0.3, 0.4) is 0 Å². The minimum atomic E-state index is -4.09. The summed E-state index contributed by atoms with van der Waals surface area (Å²) in [6, 6.07) is 0. The van der Waals surface area contributed by atoms with Gasteiger partial charge in [-0.15, -0.1) is 18.5 Å². The third-order valence-corrected chi connectivity index (χ3v) is 16.3. The molecule has 0 saturated heterocycles. The first kappa shape index (κ1) is 75.0. The van der Waals surface area contributed by atoms with Crippen molar-refractivity contribution in [2.24, 2.45) is 0 Å². The van der Waals surface area contributed by atoms with Crippen LogP contribution in [-0.4, -0.2) is 0 Å². The molecule has 10 rings (SSSR count). The Morgan fingerprint density at radius 3 is 0.392 bits per heavy atom. The van der Waals surface area contributed by atoms with E-state index in [0.717, 1.165) is 0 Å². The number of benzene rings is 10. The zero-order valence-corrected chi connectivity index (χ0v) is 49.2. The van der Waals surface area contributed by atoms with Crippen molar-refractivity contribution in [3.63, 3.8) is 0 Å². The zero-order chi connectivity index (χ0) is 76.6. The van der Waals surface area contributed by atoms with Crippen LogP contribution in [0.1, 0.15) is 5.56 Å². The second-order valence-electron chi connectivity index (χ2n) is 20.4. The molecule has 0 fully saturated rings. The molecular formula is C61H7F39P2. The van der Waals surface area contributed by atoms with E-state index < -0.39 is 343 Å². The van der Waals surface area contributed by atoms with Gasteiger partial charge in [-0.2, -0.15) is 0 Å². The van der Waals surface area contributed by atoms with Crippen LogP contribution in [0.15, 0.2) is 0 Å². The van der Waals surface area contributed by atoms with E-state index in [-0.39, 0.29) is 6.92 Å². The molecule has 41 heteroatoms. The summed E-state index contributed by atoms with van der Waals surface area (Å²) in [5.74, 6) is -136. The highest BCUT2D eigenvalue weighted by atomic mass is 31.0. The summed E-state index contributed by atoms with van der Waals surface area (Å²) in [6.45, 7) is -0.255. The zero-order valence-electron chi connectivity index (χ0n) is 46.9. The number of hydrogen-bond acceptors (Lipinski definition) is 0. The fraction of sp³-hybridized carbons (Fsp3) is 0.0164. The summed E-state index contributed by atoms with van der Waals surface area (Å²) < 4.78 is 619. The molecule has 0 saturated carbocycles. The lowest BCUT2D eigenvalue weighted by molar-refractivity contribution is 0.379. The summed E-state index contributed by atoms with van der Waals surface area (Å²) in [5, 5.41) is -4.82. The molecule has 2 unspecified atom stereocenters. The Labute approximate surface area is 538 Å². The van der Waals surface area contributed by atoms with Crippen LogP contribution in [0.5, 0.6) is 0 Å². The molecule has 0 spiro atoms. The average molecular weight is 1540 g/mol. The standard InChI is InChI=1S/C61H7F39P2/c1-2-3(4-36(77)48(89)56(97)49(90)37(4)78)28(69)29(70)5(21(2)62)6-22(63)7(24(65)9(23(6)64)12-30(71)32(73)13(33(74)31(12)72)14-38(79)50(91)57(98)51(92)39(14)80)8-25(66)10(15-34(75)44(85)19(60(101)46(15)87)17-40(81)52(93)58(99)53(94)41(17)82)27(68)11(26(8)67)16-35(76)45(86)20(61(102)47(16)88)18-42(83)54(95)59(100)55(96)43(18)84/h101-102H2,1H3. The molecule has 0 aliphatic rings. The van der Waals surface area contributed by atoms with E-state index in [0.29, 0.717) is 18.5 Å². The second kappa shape index (κ2) is 25.7. The van der Waals surface area contributed by atoms with Crippen LogP contribution < -0.4 is 10.6 Å². The lowest BCUT2D eigenvalue weighted by atomic mass is 9.84. The fourth-order valence-corrected chi connectivity index (χ4v) is 11.4. The molecule has 0 nitrogen and oxygen atoms in total. The van der Waals surface area contributed by atoms with Gasteiger partial charge in [0.1, 0.15) is 52.4 Å². The highest BCUT2D eigenvalue weighted by molar-refractivity contribution is 7.28. The Kier molecular flexibility index (Phi) is 18.9. The minimum absolute atomic E-state index is 0.255. The van der Waals surface area contributed by atoms with E-state index in [1.807, 2.05) is 0 Å². The predicted octanol–water partition coefficient (Wildman–Crippen LogP) is 21.4. The summed E-state index contributed by atoms with van der Waals surface area (Å²) in [4.78, 5) is 0. The molecule has 0 aromatic heterocycles. The molecule has 0 aliphatic heterocycles. The Balaban J connectivity index is 1.47. The summed E-state index contributed by atoms with van der Waals surface area (Å²) >= 11 is 0. The maximum Gasteiger partial charge on any atom is 0.200 e. The largest absolute Gasteiger partial charge is 0.206 e. The van der Waals surface area contributed by atoms with Gasteiger partial charge < -0.3 is 0 Å². The van der Waals surface area contributed by atoms with Gasteiger partial charge in [-0.1, -0.05) is 0 Å². The fourth-order valence-electron chi connectivity index (χ4n) is 10.6. The van der Waals surface area contributed by atoms with Crippen molar-refractivity contribution in [2.45, 2.75) is 6.92 Å². The monoisotopic (exact) mass is 1540 g/mol. The van der Waals surface area contributed by atoms with Crippen molar-refractivity contribution in [3.8, 4) is 100 Å². The Morgan fingerprint density at radius 1 is 0.108 bits per heavy atom. The molecule has 0 aliphatic carbocycles. The first-order valence-corrected chi connectivity index (χ1v) is 26.9. The van der Waals surface area contributed by atoms with Crippen LogP contribution in [0.2, 0.25) is 0 Å². The molecule has 534 valence electrons. The van der Waals surface area contributed by atoms with Gasteiger partial charge in [0.05, 0.1) is 83.5 Å². The molecule has 0 bridgehead atoms. The van der Waals surface area contributed by atoms with Crippen LogP contribution in [0.4, 0.5) is 171 Å². The highest BCUT2D eigenvalue weighted by Gasteiger charge is 2.46. The smallest absolute Gasteiger partial charge is 0.200 e. The van der Waals surface area contributed by atoms with Crippen LogP contribution >= 0.6 is 18.5 Å². The van der Waals surface area contributed by atoms with Crippen molar-refractivity contribution in [2.75, 3.05) is 0 Å². The van der Waals surface area contributed by atoms with Crippen LogP contribution in [-0.2, 0) is 0 Å². The Morgan fingerprint density at radius 2 is 0.206 bits per heavy atom. The van der Waals surface area contributed by atoms with Gasteiger partial charge in [0, 0.05) is 27.3 Å². The molecule has 102 heavy (non-hydrogen) atoms. The molecule has 0 N–H and O–H groups in total. The van der Waals surface area contributed by atoms with Gasteiger partial charge in [0.25, 0.3) is 0 Å². The third kappa shape index (κ3) is 10.2. The van der Waals surface area contributed by atoms with Gasteiger partial charge in [-0.05, 0) is 12.5 Å². The third-order valence-electron chi connectivity index (χ3n) is 15.3. The van der Waals surface area contributed by atoms with E-state index in [2.05, 4.69) is 0 Å². The van der Waals surface area contributed by atoms with E-state index in [4.69, 9.17) is 0 Å². The summed E-state index contributed by atoms with van der Waals surface area (Å²) in [5.41, 5.74) is -60.7. The van der Waals surface area contributed by atoms with Crippen molar-refractivity contribution in [1.82, 2.24) is 0 Å². The van der Waals surface area contributed by atoms with Gasteiger partial charge in [-0.3, -0.25) is 0 Å². The maximum absolute atomic E-state index is 18.1. The maximum atomic E-state index is 18.1. The molecular weight excluding hydrogens is 1540 g/mol. The van der Waals surface area contributed by atoms with Gasteiger partial charge >= 0.3 is 0 Å². The van der Waals surface area contributed by atoms with Gasteiger partial charge in [0.2, 0.25) is 23.3 Å². The second-order valence-corrected chi connectivity index (χ2v) is 21.6. The molecule has 0 amide bonds. The lowest BCUT2D eigenvalue weighted by Gasteiger charge is -2.24. The Hall–Kier alpha value is -9.67. The van der Waals surface area contributed by atoms with Crippen molar-refractivity contribution in [1.29, 1.82) is 0 Å². The summed E-state index contributed by atoms with van der Waals surface area (Å²) in [6.07, 6.45) is 0. The topological polar surface area (TPSA) is 0 Å². The van der Waals surface area contributed by atoms with E-state index in [9.17, 15) is 52.7 Å². The van der Waals surface area contributed by atoms with Gasteiger partial charge in [-0.25, -0.2) is 171 Å². The number of halogens is 39. The predicted molar refractivity (Wildman–Crippen MR) is 277 cm³/mol. The van der Waals surface area contributed by atoms with Crippen molar-refractivity contribution >= 4 is 29.1 Å². The van der Waals surface area contributed by atoms with Crippen LogP contribution in [0.25, 0.3) is 100 Å². The van der Waals surface area contributed by atoms with E-state index in [1.165, 1.54) is 0 Å². The minimum Gasteiger partial charge on any atom is -0.206 e. The molecule has 0 heterocycles. The number of rotatable bonds is 9. The van der Waals surface area contributed by atoms with E-state index >= 15 is 119 Å². The molecule has 10 aromatic rings. The van der Waals surface area contributed by atoms with Gasteiger partial charge in [0.15, 0.2) is 151 Å². The molecule has 2 atom stereocenters. The van der Waals surface area contributed by atoms with Crippen LogP contribution in [0, 0.1) is 234 Å². The first-order valence-electron chi connectivity index (χ1n) is 25.7. The first-order chi connectivity index (χ1) is 47.2. The highest BCUT2D eigenvalue weighted by Crippen LogP contribution is 2.54. The quantitative estimate of drug-likeness (QED) is 0.0585. The average Bonchev–Trinajstić information content (AvgIpc) is 0.705. The van der Waals surface area contributed by atoms with Crippen molar-refractivity contribution < 1.29 is 171 Å². The van der Waals surface area contributed by atoms with Crippen molar-refractivity contribution in [3.05, 3.63) is 232 Å². The SMILES string of the molecule is Cc1c(F)c(-c2c(F)c(-c3c(F)c(F)c(-c4c(F)c(F)c(F)c(F)c4F)c(F)c3F)c(F)c(-c3c(F)c(-c4c(F)c(F)c(-c5c(F)c(F)c(F)c(F)c5F)c(P)c4F)c(F)c(-c4c(F)c(F)c(-c5c(F)c(F)c(F)c(F)c5F)c(P)c4F)c3F)c2F)c(F)c(F)c1-c1c(F)c(F)c(F)c(F)c1F. The molecule has 10 aromatic carbocycles. The number of hydrogen-bond donors (Lipinski definition) is 0. The lowest BCUT2D eigenvalue weighted by Crippen LogP contribution is -2.19. The molecule has 0 radical (unpaired) electrons. The Bertz CT molecular complexity index is 4650.